The van der Waals surface area contributed by atoms with Gasteiger partial charge in [-0.3, -0.25) is 0 Å². The van der Waals surface area contributed by atoms with Gasteiger partial charge in [0.25, 0.3) is 0 Å². The van der Waals surface area contributed by atoms with Crippen molar-refractivity contribution < 1.29 is 9.47 Å². The van der Waals surface area contributed by atoms with E-state index in [1.807, 2.05) is 24.3 Å². The molecular weight excluding hydrogens is 358 g/mol. The second-order valence-electron chi connectivity index (χ2n) is 7.11. The number of aromatic nitrogens is 1. The summed E-state index contributed by atoms with van der Waals surface area (Å²) in [5.41, 5.74) is 7.37. The number of nitrogens with zero attached hydrogens (tertiary/aromatic N) is 1. The summed E-state index contributed by atoms with van der Waals surface area (Å²) < 4.78 is 13.0. The zero-order valence-corrected chi connectivity index (χ0v) is 17.1. The molecule has 1 aromatic heterocycles. The first-order valence-electron chi connectivity index (χ1n) is 9.70. The monoisotopic (exact) mass is 383 g/mol. The van der Waals surface area contributed by atoms with Gasteiger partial charge in [-0.15, -0.1) is 0 Å². The Balaban J connectivity index is 1.86. The largest absolute Gasteiger partial charge is 0.497 e. The summed E-state index contributed by atoms with van der Waals surface area (Å²) in [5.74, 6) is 1.74. The highest BCUT2D eigenvalue weighted by Crippen LogP contribution is 2.38. The van der Waals surface area contributed by atoms with Gasteiger partial charge in [0.15, 0.2) is 0 Å². The Hall–Kier alpha value is -3.46. The molecule has 29 heavy (non-hydrogen) atoms. The molecule has 0 atom stereocenters. The predicted octanol–water partition coefficient (Wildman–Crippen LogP) is 5.97. The van der Waals surface area contributed by atoms with Gasteiger partial charge in [0, 0.05) is 18.8 Å². The zero-order chi connectivity index (χ0) is 20.2. The van der Waals surface area contributed by atoms with Crippen LogP contribution in [0.5, 0.6) is 11.5 Å². The van der Waals surface area contributed by atoms with Crippen molar-refractivity contribution in [2.75, 3.05) is 14.2 Å². The van der Waals surface area contributed by atoms with Crippen molar-refractivity contribution in [1.29, 1.82) is 0 Å². The van der Waals surface area contributed by atoms with Crippen LogP contribution in [0.25, 0.3) is 22.4 Å². The molecule has 0 saturated heterocycles. The molecule has 0 fully saturated rings. The lowest BCUT2D eigenvalue weighted by atomic mass is 9.94. The van der Waals surface area contributed by atoms with Crippen LogP contribution in [-0.2, 0) is 13.5 Å². The number of hydrogen-bond donors (Lipinski definition) is 0. The van der Waals surface area contributed by atoms with Gasteiger partial charge in [0.05, 0.1) is 19.9 Å². The van der Waals surface area contributed by atoms with Crippen LogP contribution in [0.4, 0.5) is 0 Å². The van der Waals surface area contributed by atoms with E-state index in [4.69, 9.17) is 9.47 Å². The summed E-state index contributed by atoms with van der Waals surface area (Å²) in [4.78, 5) is 0. The van der Waals surface area contributed by atoms with Gasteiger partial charge in [0.2, 0.25) is 0 Å². The molecular formula is C26H25NO2. The molecule has 0 spiro atoms. The number of rotatable bonds is 6. The van der Waals surface area contributed by atoms with Crippen molar-refractivity contribution in [3.63, 3.8) is 0 Å². The van der Waals surface area contributed by atoms with Gasteiger partial charge in [-0.1, -0.05) is 54.6 Å². The van der Waals surface area contributed by atoms with Crippen LogP contribution >= 0.6 is 0 Å². The fraction of sp³-hybridized carbons (Fsp3) is 0.154. The Kier molecular flexibility index (Phi) is 5.39. The molecule has 0 aliphatic carbocycles. The van der Waals surface area contributed by atoms with E-state index >= 15 is 0 Å². The van der Waals surface area contributed by atoms with E-state index < -0.39 is 0 Å². The van der Waals surface area contributed by atoms with E-state index in [0.717, 1.165) is 17.9 Å². The van der Waals surface area contributed by atoms with Gasteiger partial charge < -0.3 is 14.0 Å². The lowest BCUT2D eigenvalue weighted by Gasteiger charge is -2.11. The van der Waals surface area contributed by atoms with Crippen LogP contribution < -0.4 is 9.47 Å². The Morgan fingerprint density at radius 1 is 0.724 bits per heavy atom. The first-order valence-corrected chi connectivity index (χ1v) is 9.70. The molecule has 0 aliphatic rings. The number of methoxy groups -OCH3 is 2. The maximum absolute atomic E-state index is 5.41. The summed E-state index contributed by atoms with van der Waals surface area (Å²) in [6.07, 6.45) is 3.07. The lowest BCUT2D eigenvalue weighted by molar-refractivity contribution is 0.414. The molecule has 3 aromatic carbocycles. The van der Waals surface area contributed by atoms with Crippen molar-refractivity contribution in [2.45, 2.75) is 6.42 Å². The topological polar surface area (TPSA) is 23.4 Å². The molecule has 3 nitrogen and oxygen atoms in total. The summed E-state index contributed by atoms with van der Waals surface area (Å²) in [5, 5.41) is 0. The Morgan fingerprint density at radius 2 is 1.45 bits per heavy atom. The maximum atomic E-state index is 5.41. The average Bonchev–Trinajstić information content (AvgIpc) is 3.10. The zero-order valence-electron chi connectivity index (χ0n) is 17.1. The summed E-state index contributed by atoms with van der Waals surface area (Å²) in [6, 6.07) is 27.1. The predicted molar refractivity (Wildman–Crippen MR) is 119 cm³/mol. The van der Waals surface area contributed by atoms with Crippen LogP contribution in [0.3, 0.4) is 0 Å². The molecule has 0 unspecified atom stereocenters. The molecule has 4 rings (SSSR count). The van der Waals surface area contributed by atoms with E-state index in [0.29, 0.717) is 0 Å². The number of aryl methyl sites for hydroxylation is 1. The van der Waals surface area contributed by atoms with Crippen molar-refractivity contribution in [3.05, 3.63) is 96.2 Å². The summed E-state index contributed by atoms with van der Waals surface area (Å²) in [7, 11) is 5.52. The van der Waals surface area contributed by atoms with Crippen molar-refractivity contribution in [1.82, 2.24) is 4.57 Å². The fourth-order valence-electron chi connectivity index (χ4n) is 3.85. The van der Waals surface area contributed by atoms with Gasteiger partial charge in [-0.25, -0.2) is 0 Å². The molecule has 1 heterocycles. The first kappa shape index (κ1) is 18.9. The molecule has 4 aromatic rings. The highest BCUT2D eigenvalue weighted by atomic mass is 16.5. The quantitative estimate of drug-likeness (QED) is 0.410. The maximum Gasteiger partial charge on any atom is 0.119 e. The molecule has 0 saturated carbocycles. The molecule has 3 heteroatoms. The van der Waals surface area contributed by atoms with Gasteiger partial charge in [0.1, 0.15) is 11.5 Å². The molecule has 146 valence electrons. The number of benzene rings is 3. The second kappa shape index (κ2) is 8.27. The first-order chi connectivity index (χ1) is 14.2. The van der Waals surface area contributed by atoms with Gasteiger partial charge in [-0.2, -0.15) is 0 Å². The van der Waals surface area contributed by atoms with Crippen LogP contribution in [0.2, 0.25) is 0 Å². The van der Waals surface area contributed by atoms with Gasteiger partial charge in [-0.05, 0) is 52.9 Å². The Labute approximate surface area is 172 Å². The minimum atomic E-state index is 0.833. The summed E-state index contributed by atoms with van der Waals surface area (Å²) >= 11 is 0. The standard InChI is InChI=1S/C26H25NO2/c1-27-18-22(16-19-8-7-11-24(17-19)29-3)25(20-12-14-23(28-2)15-13-20)26(27)21-9-5-4-6-10-21/h4-15,17-18H,16H2,1-3H3. The normalized spacial score (nSPS) is 10.7. The van der Waals surface area contributed by atoms with E-state index in [1.165, 1.54) is 33.5 Å². The van der Waals surface area contributed by atoms with Crippen molar-refractivity contribution in [2.24, 2.45) is 7.05 Å². The molecule has 0 radical (unpaired) electrons. The highest BCUT2D eigenvalue weighted by molar-refractivity contribution is 5.85. The van der Waals surface area contributed by atoms with Crippen LogP contribution in [-0.4, -0.2) is 18.8 Å². The second-order valence-corrected chi connectivity index (χ2v) is 7.11. The minimum Gasteiger partial charge on any atom is -0.497 e. The molecule has 0 aliphatic heterocycles. The molecule has 0 amide bonds. The van der Waals surface area contributed by atoms with Crippen LogP contribution in [0.1, 0.15) is 11.1 Å². The van der Waals surface area contributed by atoms with E-state index in [9.17, 15) is 0 Å². The Bertz CT molecular complexity index is 1100. The smallest absolute Gasteiger partial charge is 0.119 e. The minimum absolute atomic E-state index is 0.833. The molecule has 0 N–H and O–H groups in total. The van der Waals surface area contributed by atoms with E-state index in [2.05, 4.69) is 72.4 Å². The SMILES string of the molecule is COc1ccc(-c2c(Cc3cccc(OC)c3)cn(C)c2-c2ccccc2)cc1. The third-order valence-electron chi connectivity index (χ3n) is 5.21. The van der Waals surface area contributed by atoms with E-state index in [-0.39, 0.29) is 0 Å². The van der Waals surface area contributed by atoms with Crippen LogP contribution in [0, 0.1) is 0 Å². The van der Waals surface area contributed by atoms with Crippen LogP contribution in [0.15, 0.2) is 85.1 Å². The number of ether oxygens (including phenoxy) is 2. The van der Waals surface area contributed by atoms with Gasteiger partial charge >= 0.3 is 0 Å². The van der Waals surface area contributed by atoms with Crippen molar-refractivity contribution >= 4 is 0 Å². The molecule has 0 bridgehead atoms. The highest BCUT2D eigenvalue weighted by Gasteiger charge is 2.18. The third kappa shape index (κ3) is 3.90. The lowest BCUT2D eigenvalue weighted by Crippen LogP contribution is -1.93. The van der Waals surface area contributed by atoms with E-state index in [1.54, 1.807) is 14.2 Å². The fourth-order valence-corrected chi connectivity index (χ4v) is 3.85. The van der Waals surface area contributed by atoms with Crippen molar-refractivity contribution in [3.8, 4) is 33.9 Å². The average molecular weight is 383 g/mol. The third-order valence-corrected chi connectivity index (χ3v) is 5.21. The summed E-state index contributed by atoms with van der Waals surface area (Å²) in [6.45, 7) is 0. The Morgan fingerprint density at radius 3 is 2.14 bits per heavy atom. The number of hydrogen-bond acceptors (Lipinski definition) is 2.